The van der Waals surface area contributed by atoms with Crippen molar-refractivity contribution in [2.75, 3.05) is 13.2 Å². The van der Waals surface area contributed by atoms with Crippen LogP contribution in [0.3, 0.4) is 0 Å². The summed E-state index contributed by atoms with van der Waals surface area (Å²) in [5, 5.41) is 12.6. The normalized spacial score (nSPS) is 10.6. The molecule has 30 heavy (non-hydrogen) atoms. The summed E-state index contributed by atoms with van der Waals surface area (Å²) < 4.78 is 5.03. The lowest BCUT2D eigenvalue weighted by Crippen LogP contribution is -2.30. The second-order valence-electron chi connectivity index (χ2n) is 7.11. The van der Waals surface area contributed by atoms with E-state index in [0.717, 1.165) is 5.56 Å². The summed E-state index contributed by atoms with van der Waals surface area (Å²) in [6.07, 6.45) is 0.715. The molecule has 0 spiro atoms. The molecule has 0 radical (unpaired) electrons. The number of nitrogens with one attached hydrogen (secondary N) is 1. The third-order valence-corrected chi connectivity index (χ3v) is 4.87. The van der Waals surface area contributed by atoms with Crippen LogP contribution in [-0.4, -0.2) is 30.1 Å². The number of hydrogen-bond acceptors (Lipinski definition) is 4. The number of ether oxygens (including phenoxy) is 1. The number of esters is 1. The van der Waals surface area contributed by atoms with Gasteiger partial charge in [0.2, 0.25) is 0 Å². The standard InChI is InChI=1S/C25H25NO4/c1-18-12-13-22(23(27)16-18)25(29)30-17-24(28)26-15-14-21(19-8-4-2-5-9-19)20-10-6-3-7-11-20/h2-13,16,21,27H,14-15,17H2,1H3,(H,26,28). The summed E-state index contributed by atoms with van der Waals surface area (Å²) >= 11 is 0. The van der Waals surface area contributed by atoms with Gasteiger partial charge in [-0.1, -0.05) is 66.7 Å². The molecule has 0 saturated carbocycles. The van der Waals surface area contributed by atoms with Crippen molar-refractivity contribution in [3.8, 4) is 5.75 Å². The number of hydrogen-bond donors (Lipinski definition) is 2. The summed E-state index contributed by atoms with van der Waals surface area (Å²) in [7, 11) is 0. The lowest BCUT2D eigenvalue weighted by molar-refractivity contribution is -0.124. The van der Waals surface area contributed by atoms with E-state index in [2.05, 4.69) is 29.6 Å². The Morgan fingerprint density at radius 2 is 1.53 bits per heavy atom. The number of amides is 1. The molecule has 0 unspecified atom stereocenters. The van der Waals surface area contributed by atoms with Crippen molar-refractivity contribution in [2.24, 2.45) is 0 Å². The Hall–Kier alpha value is -3.60. The first kappa shape index (κ1) is 21.1. The zero-order chi connectivity index (χ0) is 21.3. The zero-order valence-electron chi connectivity index (χ0n) is 16.9. The van der Waals surface area contributed by atoms with Crippen molar-refractivity contribution in [1.82, 2.24) is 5.32 Å². The minimum atomic E-state index is -0.728. The van der Waals surface area contributed by atoms with E-state index in [-0.39, 0.29) is 23.1 Å². The second kappa shape index (κ2) is 10.3. The van der Waals surface area contributed by atoms with Gasteiger partial charge < -0.3 is 15.2 Å². The number of carbonyl (C=O) groups excluding carboxylic acids is 2. The van der Waals surface area contributed by atoms with Crippen LogP contribution in [0, 0.1) is 6.92 Å². The summed E-state index contributed by atoms with van der Waals surface area (Å²) in [6, 6.07) is 24.9. The van der Waals surface area contributed by atoms with E-state index in [1.54, 1.807) is 13.0 Å². The van der Waals surface area contributed by atoms with Crippen molar-refractivity contribution in [3.05, 3.63) is 101 Å². The largest absolute Gasteiger partial charge is 0.507 e. The van der Waals surface area contributed by atoms with Gasteiger partial charge in [0.05, 0.1) is 0 Å². The van der Waals surface area contributed by atoms with Crippen LogP contribution < -0.4 is 5.32 Å². The Morgan fingerprint density at radius 1 is 0.933 bits per heavy atom. The Bertz CT molecular complexity index is 947. The predicted molar refractivity (Wildman–Crippen MR) is 115 cm³/mol. The van der Waals surface area contributed by atoms with Gasteiger partial charge in [-0.3, -0.25) is 4.79 Å². The maximum atomic E-state index is 12.1. The molecule has 3 aromatic rings. The Kier molecular flexibility index (Phi) is 7.22. The highest BCUT2D eigenvalue weighted by molar-refractivity contribution is 5.93. The average molecular weight is 403 g/mol. The van der Waals surface area contributed by atoms with Gasteiger partial charge in [0.1, 0.15) is 11.3 Å². The number of benzene rings is 3. The molecule has 0 fully saturated rings. The number of aryl methyl sites for hydroxylation is 1. The first-order chi connectivity index (χ1) is 14.5. The number of carbonyl (C=O) groups is 2. The molecule has 3 aromatic carbocycles. The van der Waals surface area contributed by atoms with Crippen LogP contribution in [0.1, 0.15) is 39.4 Å². The summed E-state index contributed by atoms with van der Waals surface area (Å²) in [6.45, 7) is 1.86. The number of aromatic hydroxyl groups is 1. The van der Waals surface area contributed by atoms with Crippen LogP contribution in [0.5, 0.6) is 5.75 Å². The monoisotopic (exact) mass is 403 g/mol. The Morgan fingerprint density at radius 3 is 2.10 bits per heavy atom. The summed E-state index contributed by atoms with van der Waals surface area (Å²) in [5.74, 6) is -1.11. The van der Waals surface area contributed by atoms with Gasteiger partial charge in [-0.05, 0) is 42.2 Å². The highest BCUT2D eigenvalue weighted by atomic mass is 16.5. The van der Waals surface area contributed by atoms with E-state index < -0.39 is 12.6 Å². The molecule has 5 nitrogen and oxygen atoms in total. The van der Waals surface area contributed by atoms with E-state index in [1.165, 1.54) is 23.3 Å². The first-order valence-electron chi connectivity index (χ1n) is 9.88. The highest BCUT2D eigenvalue weighted by Crippen LogP contribution is 2.27. The van der Waals surface area contributed by atoms with Crippen LogP contribution in [0.25, 0.3) is 0 Å². The third-order valence-electron chi connectivity index (χ3n) is 4.87. The lowest BCUT2D eigenvalue weighted by Gasteiger charge is -2.18. The van der Waals surface area contributed by atoms with Crippen LogP contribution in [0.15, 0.2) is 78.9 Å². The minimum absolute atomic E-state index is 0.0432. The fourth-order valence-electron chi connectivity index (χ4n) is 3.33. The lowest BCUT2D eigenvalue weighted by atomic mass is 9.88. The van der Waals surface area contributed by atoms with Crippen LogP contribution >= 0.6 is 0 Å². The molecule has 0 saturated heterocycles. The molecule has 0 aliphatic carbocycles. The molecule has 154 valence electrons. The Labute approximate surface area is 176 Å². The molecule has 0 aromatic heterocycles. The Balaban J connectivity index is 1.52. The van der Waals surface area contributed by atoms with Gasteiger partial charge in [-0.25, -0.2) is 4.79 Å². The van der Waals surface area contributed by atoms with Gasteiger partial charge in [0.25, 0.3) is 5.91 Å². The SMILES string of the molecule is Cc1ccc(C(=O)OCC(=O)NCCC(c2ccccc2)c2ccccc2)c(O)c1. The topological polar surface area (TPSA) is 75.6 Å². The van der Waals surface area contributed by atoms with Crippen molar-refractivity contribution in [1.29, 1.82) is 0 Å². The van der Waals surface area contributed by atoms with Gasteiger partial charge in [-0.15, -0.1) is 0 Å². The van der Waals surface area contributed by atoms with E-state index in [4.69, 9.17) is 4.74 Å². The van der Waals surface area contributed by atoms with Crippen molar-refractivity contribution < 1.29 is 19.4 Å². The number of phenols is 1. The first-order valence-corrected chi connectivity index (χ1v) is 9.88. The maximum absolute atomic E-state index is 12.1. The van der Waals surface area contributed by atoms with Gasteiger partial charge in [0, 0.05) is 12.5 Å². The summed E-state index contributed by atoms with van der Waals surface area (Å²) in [5.41, 5.74) is 3.23. The van der Waals surface area contributed by atoms with Crippen molar-refractivity contribution in [3.63, 3.8) is 0 Å². The molecular weight excluding hydrogens is 378 g/mol. The third kappa shape index (κ3) is 5.70. The molecule has 1 amide bonds. The molecule has 2 N–H and O–H groups in total. The zero-order valence-corrected chi connectivity index (χ0v) is 16.9. The molecule has 0 bridgehead atoms. The van der Waals surface area contributed by atoms with E-state index in [0.29, 0.717) is 13.0 Å². The van der Waals surface area contributed by atoms with Crippen molar-refractivity contribution >= 4 is 11.9 Å². The molecule has 0 aliphatic heterocycles. The smallest absolute Gasteiger partial charge is 0.342 e. The number of rotatable bonds is 8. The van der Waals surface area contributed by atoms with E-state index >= 15 is 0 Å². The van der Waals surface area contributed by atoms with E-state index in [1.807, 2.05) is 36.4 Å². The van der Waals surface area contributed by atoms with Gasteiger partial charge >= 0.3 is 5.97 Å². The molecule has 5 heteroatoms. The molecule has 0 atom stereocenters. The van der Waals surface area contributed by atoms with Crippen LogP contribution in [-0.2, 0) is 9.53 Å². The van der Waals surface area contributed by atoms with Gasteiger partial charge in [0.15, 0.2) is 6.61 Å². The fourth-order valence-corrected chi connectivity index (χ4v) is 3.33. The second-order valence-corrected chi connectivity index (χ2v) is 7.11. The minimum Gasteiger partial charge on any atom is -0.507 e. The van der Waals surface area contributed by atoms with E-state index in [9.17, 15) is 14.7 Å². The molecular formula is C25H25NO4. The fraction of sp³-hybridized carbons (Fsp3) is 0.200. The van der Waals surface area contributed by atoms with Gasteiger partial charge in [-0.2, -0.15) is 0 Å². The quantitative estimate of drug-likeness (QED) is 0.553. The highest BCUT2D eigenvalue weighted by Gasteiger charge is 2.16. The molecule has 0 aliphatic rings. The summed E-state index contributed by atoms with van der Waals surface area (Å²) in [4.78, 5) is 24.2. The predicted octanol–water partition coefficient (Wildman–Crippen LogP) is 4.20. The van der Waals surface area contributed by atoms with Crippen LogP contribution in [0.2, 0.25) is 0 Å². The molecule has 3 rings (SSSR count). The average Bonchev–Trinajstić information content (AvgIpc) is 2.76. The number of phenolic OH excluding ortho intramolecular Hbond substituents is 1. The molecule has 0 heterocycles. The van der Waals surface area contributed by atoms with Crippen molar-refractivity contribution in [2.45, 2.75) is 19.3 Å². The van der Waals surface area contributed by atoms with Crippen LogP contribution in [0.4, 0.5) is 0 Å². The maximum Gasteiger partial charge on any atom is 0.342 e.